The Morgan fingerprint density at radius 3 is 3.05 bits per heavy atom. The van der Waals surface area contributed by atoms with Crippen LogP contribution in [0.15, 0.2) is 21.8 Å². The van der Waals surface area contributed by atoms with E-state index >= 15 is 0 Å². The second-order valence-electron chi connectivity index (χ2n) is 4.76. The molecule has 0 aromatic carbocycles. The third kappa shape index (κ3) is 3.87. The van der Waals surface area contributed by atoms with Crippen molar-refractivity contribution >= 4 is 22.0 Å². The molecule has 0 aromatic heterocycles. The maximum Gasteiger partial charge on any atom is 0.151 e. The first-order chi connectivity index (χ1) is 9.00. The quantitative estimate of drug-likeness (QED) is 0.699. The molecule has 2 heterocycles. The molecule has 2 aliphatic rings. The van der Waals surface area contributed by atoms with E-state index in [0.29, 0.717) is 13.1 Å². The fraction of sp³-hybridized carbons (Fsp3) is 0.667. The van der Waals surface area contributed by atoms with Gasteiger partial charge in [-0.05, 0) is 6.92 Å². The zero-order valence-electron chi connectivity index (χ0n) is 11.3. The average Bonchev–Trinajstić information content (AvgIpc) is 2.76. The summed E-state index contributed by atoms with van der Waals surface area (Å²) in [6.45, 7) is 5.60. The molecule has 106 valence electrons. The van der Waals surface area contributed by atoms with E-state index < -0.39 is 9.84 Å². The van der Waals surface area contributed by atoms with E-state index in [1.165, 1.54) is 0 Å². The molecule has 2 aliphatic heterocycles. The number of nitrogens with one attached hydrogen (secondary N) is 1. The monoisotopic (exact) mass is 284 g/mol. The van der Waals surface area contributed by atoms with E-state index in [1.807, 2.05) is 17.9 Å². The lowest BCUT2D eigenvalue weighted by Gasteiger charge is -2.16. The third-order valence-electron chi connectivity index (χ3n) is 3.16. The second-order valence-corrected chi connectivity index (χ2v) is 7.24. The number of amidine groups is 1. The number of nitrogens with zero attached hydrogens (tertiary/aromatic N) is 3. The Morgan fingerprint density at radius 2 is 2.32 bits per heavy atom. The lowest BCUT2D eigenvalue weighted by atomic mass is 10.3. The summed E-state index contributed by atoms with van der Waals surface area (Å²) in [5.41, 5.74) is 0.956. The highest BCUT2D eigenvalue weighted by Crippen LogP contribution is 2.13. The minimum Gasteiger partial charge on any atom is -0.315 e. The molecular weight excluding hydrogens is 264 g/mol. The fourth-order valence-corrected chi connectivity index (χ4v) is 2.73. The van der Waals surface area contributed by atoms with E-state index in [9.17, 15) is 8.42 Å². The normalized spacial score (nSPS) is 22.2. The van der Waals surface area contributed by atoms with Crippen LogP contribution in [0.4, 0.5) is 0 Å². The summed E-state index contributed by atoms with van der Waals surface area (Å²) in [5, 5.41) is 3.16. The van der Waals surface area contributed by atoms with E-state index in [4.69, 9.17) is 0 Å². The molecule has 2 rings (SSSR count). The van der Waals surface area contributed by atoms with Crippen LogP contribution in [0.25, 0.3) is 0 Å². The Labute approximate surface area is 114 Å². The molecule has 0 saturated carbocycles. The van der Waals surface area contributed by atoms with Gasteiger partial charge in [0, 0.05) is 37.2 Å². The standard InChI is InChI=1S/C12H20N4O2S/c1-3-19(17,18)5-4-13-7-11-8-16-9-14-10(2)6-12(16)15-11/h6,9,11,13H,3-5,7-8H2,1-2H3. The minimum atomic E-state index is -2.88. The van der Waals surface area contributed by atoms with Crippen LogP contribution < -0.4 is 5.32 Å². The summed E-state index contributed by atoms with van der Waals surface area (Å²) in [5.74, 6) is 1.34. The number of allylic oxidation sites excluding steroid dienone is 1. The maximum absolute atomic E-state index is 11.3. The summed E-state index contributed by atoms with van der Waals surface area (Å²) in [7, 11) is -2.88. The zero-order valence-corrected chi connectivity index (χ0v) is 12.2. The molecule has 1 atom stereocenters. The minimum absolute atomic E-state index is 0.160. The van der Waals surface area contributed by atoms with Crippen molar-refractivity contribution in [2.24, 2.45) is 9.98 Å². The van der Waals surface area contributed by atoms with Crippen LogP contribution in [0.5, 0.6) is 0 Å². The van der Waals surface area contributed by atoms with Gasteiger partial charge in [-0.25, -0.2) is 13.4 Å². The van der Waals surface area contributed by atoms with Crippen LogP contribution in [-0.2, 0) is 9.84 Å². The topological polar surface area (TPSA) is 74.1 Å². The second kappa shape index (κ2) is 5.83. The van der Waals surface area contributed by atoms with E-state index in [2.05, 4.69) is 15.3 Å². The molecule has 0 spiro atoms. The number of rotatable bonds is 6. The maximum atomic E-state index is 11.3. The smallest absolute Gasteiger partial charge is 0.151 e. The Bertz CT molecular complexity index is 522. The van der Waals surface area contributed by atoms with E-state index in [1.54, 1.807) is 13.3 Å². The van der Waals surface area contributed by atoms with E-state index in [0.717, 1.165) is 18.1 Å². The van der Waals surface area contributed by atoms with E-state index in [-0.39, 0.29) is 17.5 Å². The van der Waals surface area contributed by atoms with Crippen molar-refractivity contribution in [2.75, 3.05) is 31.1 Å². The molecule has 19 heavy (non-hydrogen) atoms. The molecule has 1 N–H and O–H groups in total. The van der Waals surface area contributed by atoms with Gasteiger partial charge in [0.2, 0.25) is 0 Å². The summed E-state index contributed by atoms with van der Waals surface area (Å²) in [6.07, 6.45) is 3.76. The van der Waals surface area contributed by atoms with Crippen molar-refractivity contribution in [3.8, 4) is 0 Å². The SMILES string of the molecule is CCS(=O)(=O)CCNCC1CN2C=NC(C)=CC2=N1. The molecule has 0 aromatic rings. The van der Waals surface area contributed by atoms with Crippen molar-refractivity contribution in [3.05, 3.63) is 11.8 Å². The van der Waals surface area contributed by atoms with Gasteiger partial charge in [-0.3, -0.25) is 4.99 Å². The van der Waals surface area contributed by atoms with Gasteiger partial charge in [0.25, 0.3) is 0 Å². The largest absolute Gasteiger partial charge is 0.315 e. The number of hydrogen-bond donors (Lipinski definition) is 1. The van der Waals surface area contributed by atoms with Crippen molar-refractivity contribution in [2.45, 2.75) is 19.9 Å². The molecule has 7 heteroatoms. The molecule has 0 bridgehead atoms. The first-order valence-electron chi connectivity index (χ1n) is 6.48. The molecule has 1 unspecified atom stereocenters. The van der Waals surface area contributed by atoms with Crippen LogP contribution >= 0.6 is 0 Å². The van der Waals surface area contributed by atoms with Crippen molar-refractivity contribution in [1.82, 2.24) is 10.2 Å². The lowest BCUT2D eigenvalue weighted by molar-refractivity contribution is 0.540. The van der Waals surface area contributed by atoms with Crippen LogP contribution in [0.2, 0.25) is 0 Å². The van der Waals surface area contributed by atoms with Crippen LogP contribution in [0.3, 0.4) is 0 Å². The molecule has 6 nitrogen and oxygen atoms in total. The summed E-state index contributed by atoms with van der Waals surface area (Å²) in [4.78, 5) is 10.8. The Kier molecular flexibility index (Phi) is 4.36. The fourth-order valence-electron chi connectivity index (χ4n) is 1.98. The Morgan fingerprint density at radius 1 is 1.53 bits per heavy atom. The highest BCUT2D eigenvalue weighted by molar-refractivity contribution is 7.91. The van der Waals surface area contributed by atoms with Gasteiger partial charge < -0.3 is 10.2 Å². The number of aliphatic imine (C=N–C) groups is 2. The van der Waals surface area contributed by atoms with Gasteiger partial charge in [-0.1, -0.05) is 6.92 Å². The predicted octanol–water partition coefficient (Wildman–Crippen LogP) is 0.0391. The molecule has 0 fully saturated rings. The molecule has 0 amide bonds. The Hall–Kier alpha value is -1.21. The van der Waals surface area contributed by atoms with Crippen LogP contribution in [0, 0.1) is 0 Å². The van der Waals surface area contributed by atoms with Gasteiger partial charge in [0.1, 0.15) is 5.84 Å². The van der Waals surface area contributed by atoms with Gasteiger partial charge in [-0.15, -0.1) is 0 Å². The molecule has 0 aliphatic carbocycles. The van der Waals surface area contributed by atoms with Gasteiger partial charge in [0.15, 0.2) is 9.84 Å². The molecule has 0 radical (unpaired) electrons. The molecule has 0 saturated heterocycles. The van der Waals surface area contributed by atoms with Gasteiger partial charge in [0.05, 0.1) is 18.1 Å². The first kappa shape index (κ1) is 14.2. The zero-order chi connectivity index (χ0) is 13.9. The van der Waals surface area contributed by atoms with Gasteiger partial charge >= 0.3 is 0 Å². The van der Waals surface area contributed by atoms with Crippen molar-refractivity contribution in [1.29, 1.82) is 0 Å². The predicted molar refractivity (Wildman–Crippen MR) is 77.4 cm³/mol. The van der Waals surface area contributed by atoms with Crippen LogP contribution in [0.1, 0.15) is 13.8 Å². The summed E-state index contributed by atoms with van der Waals surface area (Å²) >= 11 is 0. The number of hydrogen-bond acceptors (Lipinski definition) is 6. The summed E-state index contributed by atoms with van der Waals surface area (Å²) in [6, 6.07) is 0.160. The van der Waals surface area contributed by atoms with Crippen molar-refractivity contribution < 1.29 is 8.42 Å². The third-order valence-corrected chi connectivity index (χ3v) is 4.87. The number of fused-ring (bicyclic) bond motifs is 1. The summed E-state index contributed by atoms with van der Waals surface area (Å²) < 4.78 is 22.7. The van der Waals surface area contributed by atoms with Crippen LogP contribution in [-0.4, -0.2) is 62.7 Å². The Balaban J connectivity index is 1.76. The highest BCUT2D eigenvalue weighted by atomic mass is 32.2. The molecular formula is C12H20N4O2S. The lowest BCUT2D eigenvalue weighted by Crippen LogP contribution is -2.34. The number of sulfone groups is 1. The highest BCUT2D eigenvalue weighted by Gasteiger charge is 2.24. The average molecular weight is 284 g/mol. The first-order valence-corrected chi connectivity index (χ1v) is 8.30. The van der Waals surface area contributed by atoms with Gasteiger partial charge in [-0.2, -0.15) is 0 Å². The van der Waals surface area contributed by atoms with Crippen molar-refractivity contribution in [3.63, 3.8) is 0 Å².